The van der Waals surface area contributed by atoms with E-state index in [4.69, 9.17) is 4.52 Å². The molecule has 10 heteroatoms. The topological polar surface area (TPSA) is 94.9 Å². The molecule has 4 aromatic heterocycles. The van der Waals surface area contributed by atoms with Crippen molar-refractivity contribution in [2.24, 2.45) is 0 Å². The summed E-state index contributed by atoms with van der Waals surface area (Å²) in [6.07, 6.45) is 0. The molecule has 4 rings (SSSR count). The molecule has 0 saturated heterocycles. The summed E-state index contributed by atoms with van der Waals surface area (Å²) < 4.78 is 10.7. The first kappa shape index (κ1) is 11.6. The lowest BCUT2D eigenvalue weighted by Gasteiger charge is -1.91. The van der Waals surface area contributed by atoms with E-state index >= 15 is 0 Å². The quantitative estimate of drug-likeness (QED) is 0.558. The van der Waals surface area contributed by atoms with Crippen molar-refractivity contribution in [1.29, 1.82) is 0 Å². The minimum Gasteiger partial charge on any atom is -0.361 e. The molecule has 0 spiro atoms. The predicted octanol–water partition coefficient (Wildman–Crippen LogP) is 1.98. The fourth-order valence-corrected chi connectivity index (χ4v) is 3.18. The van der Waals surface area contributed by atoms with Gasteiger partial charge in [-0.1, -0.05) is 21.0 Å². The van der Waals surface area contributed by atoms with Crippen LogP contribution in [0.3, 0.4) is 0 Å². The van der Waals surface area contributed by atoms with E-state index in [1.54, 1.807) is 4.52 Å². The summed E-state index contributed by atoms with van der Waals surface area (Å²) in [7, 11) is 0. The minimum absolute atomic E-state index is 0.648. The van der Waals surface area contributed by atoms with Crippen molar-refractivity contribution in [3.8, 4) is 21.4 Å². The summed E-state index contributed by atoms with van der Waals surface area (Å²) in [6.45, 7) is 3.72. The molecule has 0 radical (unpaired) electrons. The Hall–Kier alpha value is -2.20. The molecule has 0 unspecified atom stereocenters. The van der Waals surface area contributed by atoms with Crippen LogP contribution in [0, 0.1) is 13.8 Å². The van der Waals surface area contributed by atoms with E-state index in [1.165, 1.54) is 22.9 Å². The Labute approximate surface area is 120 Å². The van der Waals surface area contributed by atoms with Crippen LogP contribution in [0.25, 0.3) is 26.4 Å². The van der Waals surface area contributed by atoms with Crippen LogP contribution in [0.4, 0.5) is 0 Å². The normalized spacial score (nSPS) is 11.5. The molecule has 0 aromatic carbocycles. The molecular weight excluding hydrogens is 298 g/mol. The monoisotopic (exact) mass is 305 g/mol. The van der Waals surface area contributed by atoms with Crippen LogP contribution >= 0.6 is 22.9 Å². The summed E-state index contributed by atoms with van der Waals surface area (Å²) in [5.74, 6) is 1.39. The molecule has 0 bridgehead atoms. The standard InChI is InChI=1S/C10H7N7OS2/c1-4-3-6(15-18-4)9-14-17-8(12-13-10(17)19-9)7-5(2)11-16-20-7/h3H,1-2H3. The van der Waals surface area contributed by atoms with Gasteiger partial charge in [0.25, 0.3) is 0 Å². The first-order valence-corrected chi connectivity index (χ1v) is 7.26. The van der Waals surface area contributed by atoms with Crippen molar-refractivity contribution in [3.05, 3.63) is 17.5 Å². The third-order valence-corrected chi connectivity index (χ3v) is 4.44. The summed E-state index contributed by atoms with van der Waals surface area (Å²) >= 11 is 2.68. The molecule has 0 aliphatic carbocycles. The van der Waals surface area contributed by atoms with Crippen molar-refractivity contribution in [2.45, 2.75) is 13.8 Å². The molecule has 4 aromatic rings. The first-order chi connectivity index (χ1) is 9.72. The molecule has 0 aliphatic rings. The maximum atomic E-state index is 5.07. The van der Waals surface area contributed by atoms with Crippen LogP contribution in [0.1, 0.15) is 11.5 Å². The Morgan fingerprint density at radius 1 is 1.20 bits per heavy atom. The SMILES string of the molecule is Cc1cc(-c2nn3c(-c4snnc4C)nnc3s2)no1. The molecule has 0 aliphatic heterocycles. The van der Waals surface area contributed by atoms with Gasteiger partial charge in [-0.25, -0.2) is 0 Å². The summed E-state index contributed by atoms with van der Waals surface area (Å²) in [4.78, 5) is 1.56. The number of rotatable bonds is 2. The average molecular weight is 305 g/mol. The van der Waals surface area contributed by atoms with Crippen molar-refractivity contribution < 1.29 is 4.52 Å². The van der Waals surface area contributed by atoms with Crippen molar-refractivity contribution in [2.75, 3.05) is 0 Å². The molecule has 0 saturated carbocycles. The fraction of sp³-hybridized carbons (Fsp3) is 0.200. The number of hydrogen-bond acceptors (Lipinski definition) is 9. The van der Waals surface area contributed by atoms with Crippen molar-refractivity contribution >= 4 is 27.8 Å². The number of aromatic nitrogens is 7. The lowest BCUT2D eigenvalue weighted by atomic mass is 10.4. The molecular formula is C10H7N7OS2. The zero-order valence-corrected chi connectivity index (χ0v) is 12.1. The van der Waals surface area contributed by atoms with Gasteiger partial charge in [0.1, 0.15) is 16.3 Å². The van der Waals surface area contributed by atoms with Crippen LogP contribution < -0.4 is 0 Å². The Morgan fingerprint density at radius 3 is 2.80 bits per heavy atom. The van der Waals surface area contributed by atoms with E-state index in [0.29, 0.717) is 16.5 Å². The molecule has 0 N–H and O–H groups in total. The van der Waals surface area contributed by atoms with E-state index in [0.717, 1.165) is 21.3 Å². The zero-order chi connectivity index (χ0) is 13.7. The van der Waals surface area contributed by atoms with E-state index < -0.39 is 0 Å². The maximum absolute atomic E-state index is 5.07. The fourth-order valence-electron chi connectivity index (χ4n) is 1.77. The van der Waals surface area contributed by atoms with Gasteiger partial charge in [-0.15, -0.1) is 15.3 Å². The van der Waals surface area contributed by atoms with Crippen LogP contribution in [0.2, 0.25) is 0 Å². The van der Waals surface area contributed by atoms with Crippen molar-refractivity contribution in [1.82, 2.24) is 34.6 Å². The van der Waals surface area contributed by atoms with Crippen LogP contribution in [-0.2, 0) is 0 Å². The van der Waals surface area contributed by atoms with Gasteiger partial charge >= 0.3 is 0 Å². The third-order valence-electron chi connectivity index (χ3n) is 2.69. The number of nitrogens with zero attached hydrogens (tertiary/aromatic N) is 7. The number of hydrogen-bond donors (Lipinski definition) is 0. The molecule has 0 atom stereocenters. The molecule has 100 valence electrons. The Kier molecular flexibility index (Phi) is 2.41. The van der Waals surface area contributed by atoms with Crippen molar-refractivity contribution in [3.63, 3.8) is 0 Å². The second-order valence-electron chi connectivity index (χ2n) is 4.14. The lowest BCUT2D eigenvalue weighted by molar-refractivity contribution is 0.399. The molecule has 20 heavy (non-hydrogen) atoms. The number of aryl methyl sites for hydroxylation is 2. The number of fused-ring (bicyclic) bond motifs is 1. The first-order valence-electron chi connectivity index (χ1n) is 5.67. The average Bonchev–Trinajstić information content (AvgIpc) is 3.12. The summed E-state index contributed by atoms with van der Waals surface area (Å²) in [6, 6.07) is 1.84. The molecule has 4 heterocycles. The van der Waals surface area contributed by atoms with E-state index in [9.17, 15) is 0 Å². The van der Waals surface area contributed by atoms with E-state index in [-0.39, 0.29) is 0 Å². The second-order valence-corrected chi connectivity index (χ2v) is 5.85. The highest BCUT2D eigenvalue weighted by atomic mass is 32.1. The van der Waals surface area contributed by atoms with Gasteiger partial charge in [0, 0.05) is 6.07 Å². The van der Waals surface area contributed by atoms with E-state index in [2.05, 4.69) is 30.0 Å². The highest BCUT2D eigenvalue weighted by Gasteiger charge is 2.19. The smallest absolute Gasteiger partial charge is 0.235 e. The highest BCUT2D eigenvalue weighted by Crippen LogP contribution is 2.29. The lowest BCUT2D eigenvalue weighted by Crippen LogP contribution is -1.90. The minimum atomic E-state index is 0.648. The van der Waals surface area contributed by atoms with Gasteiger partial charge in [0.2, 0.25) is 4.96 Å². The van der Waals surface area contributed by atoms with Crippen LogP contribution in [-0.4, -0.2) is 34.6 Å². The van der Waals surface area contributed by atoms with Gasteiger partial charge in [-0.2, -0.15) is 9.61 Å². The summed E-state index contributed by atoms with van der Waals surface area (Å²) in [5, 5.41) is 21.5. The Bertz CT molecular complexity index is 902. The van der Waals surface area contributed by atoms with Crippen LogP contribution in [0.15, 0.2) is 10.6 Å². The zero-order valence-electron chi connectivity index (χ0n) is 10.4. The summed E-state index contributed by atoms with van der Waals surface area (Å²) in [5.41, 5.74) is 1.51. The van der Waals surface area contributed by atoms with Crippen LogP contribution in [0.5, 0.6) is 0 Å². The molecule has 0 amide bonds. The van der Waals surface area contributed by atoms with E-state index in [1.807, 2.05) is 19.9 Å². The van der Waals surface area contributed by atoms with Gasteiger partial charge in [0.05, 0.1) is 5.69 Å². The highest BCUT2D eigenvalue weighted by molar-refractivity contribution is 7.19. The Balaban J connectivity index is 1.89. The second kappa shape index (κ2) is 4.15. The largest absolute Gasteiger partial charge is 0.361 e. The molecule has 0 fully saturated rings. The van der Waals surface area contributed by atoms with Gasteiger partial charge in [0.15, 0.2) is 10.8 Å². The van der Waals surface area contributed by atoms with Gasteiger partial charge < -0.3 is 4.52 Å². The maximum Gasteiger partial charge on any atom is 0.235 e. The Morgan fingerprint density at radius 2 is 2.10 bits per heavy atom. The van der Waals surface area contributed by atoms with Gasteiger partial charge in [-0.05, 0) is 25.4 Å². The predicted molar refractivity (Wildman–Crippen MR) is 72.5 cm³/mol. The third kappa shape index (κ3) is 1.65. The molecule has 8 nitrogen and oxygen atoms in total. The van der Waals surface area contributed by atoms with Gasteiger partial charge in [-0.3, -0.25) is 0 Å².